The molecule has 2 N–H and O–H groups in total. The summed E-state index contributed by atoms with van der Waals surface area (Å²) in [6.07, 6.45) is 2.47. The minimum atomic E-state index is -0.865. The van der Waals surface area contributed by atoms with Crippen molar-refractivity contribution in [3.05, 3.63) is 53.6 Å². The fourth-order valence-electron chi connectivity index (χ4n) is 4.46. The molecule has 1 saturated heterocycles. The molecule has 0 radical (unpaired) electrons. The number of nitrogens with zero attached hydrogens (tertiary/aromatic N) is 1. The van der Waals surface area contributed by atoms with E-state index in [9.17, 15) is 9.90 Å². The van der Waals surface area contributed by atoms with Crippen LogP contribution in [0.5, 0.6) is 17.2 Å². The number of nitrogens with one attached hydrogen (secondary N) is 1. The van der Waals surface area contributed by atoms with Gasteiger partial charge in [-0.1, -0.05) is 18.2 Å². The van der Waals surface area contributed by atoms with Crippen LogP contribution in [0.2, 0.25) is 0 Å². The molecule has 0 unspecified atom stereocenters. The number of aliphatic hydroxyl groups excluding tert-OH is 1. The molecule has 0 spiro atoms. The summed E-state index contributed by atoms with van der Waals surface area (Å²) >= 11 is 0. The smallest absolute Gasteiger partial charge is 0.223 e. The molecule has 2 aliphatic rings. The molecule has 2 aromatic carbocycles. The van der Waals surface area contributed by atoms with Crippen LogP contribution in [0.1, 0.15) is 36.5 Å². The van der Waals surface area contributed by atoms with Crippen molar-refractivity contribution in [3.63, 3.8) is 0 Å². The predicted molar refractivity (Wildman–Crippen MR) is 132 cm³/mol. The summed E-state index contributed by atoms with van der Waals surface area (Å²) in [5.41, 5.74) is 1.87. The second-order valence-electron chi connectivity index (χ2n) is 9.01. The molecule has 1 amide bonds. The standard InChI is InChI=1S/C27H36N2O6/c1-32-14-10-20-4-7-22(8-5-20)33-15-11-26(30)28-23(19-29-12-2-3-13-29)27(31)21-6-9-24-25(18-21)35-17-16-34-24/h4-9,18,23,27,31H,2-3,10-17,19H2,1H3,(H,28,30)/t23-,27-/m1/s1. The lowest BCUT2D eigenvalue weighted by atomic mass is 10.0. The summed E-state index contributed by atoms with van der Waals surface area (Å²) in [5, 5.41) is 14.2. The normalized spacial score (nSPS) is 17.1. The zero-order valence-electron chi connectivity index (χ0n) is 20.4. The molecular formula is C27H36N2O6. The van der Waals surface area contributed by atoms with E-state index in [2.05, 4.69) is 10.2 Å². The maximum Gasteiger partial charge on any atom is 0.223 e. The third kappa shape index (κ3) is 7.34. The Kier molecular flexibility index (Phi) is 9.22. The number of benzene rings is 2. The van der Waals surface area contributed by atoms with E-state index >= 15 is 0 Å². The van der Waals surface area contributed by atoms with Gasteiger partial charge in [-0.05, 0) is 67.7 Å². The number of hydrogen-bond acceptors (Lipinski definition) is 7. The van der Waals surface area contributed by atoms with E-state index in [0.29, 0.717) is 43.4 Å². The van der Waals surface area contributed by atoms with Gasteiger partial charge in [0.25, 0.3) is 0 Å². The minimum Gasteiger partial charge on any atom is -0.493 e. The summed E-state index contributed by atoms with van der Waals surface area (Å²) in [4.78, 5) is 15.1. The highest BCUT2D eigenvalue weighted by molar-refractivity contribution is 5.76. The Morgan fingerprint density at radius 3 is 2.54 bits per heavy atom. The van der Waals surface area contributed by atoms with Crippen LogP contribution in [0.4, 0.5) is 0 Å². The number of hydrogen-bond donors (Lipinski definition) is 2. The summed E-state index contributed by atoms with van der Waals surface area (Å²) in [6.45, 7) is 4.48. The lowest BCUT2D eigenvalue weighted by Gasteiger charge is -2.29. The molecule has 2 aromatic rings. The van der Waals surface area contributed by atoms with Gasteiger partial charge in [0.1, 0.15) is 25.1 Å². The zero-order chi connectivity index (χ0) is 24.5. The number of ether oxygens (including phenoxy) is 4. The van der Waals surface area contributed by atoms with E-state index in [1.165, 1.54) is 5.56 Å². The van der Waals surface area contributed by atoms with Gasteiger partial charge in [0, 0.05) is 13.7 Å². The van der Waals surface area contributed by atoms with Gasteiger partial charge in [-0.3, -0.25) is 4.79 Å². The molecule has 0 bridgehead atoms. The van der Waals surface area contributed by atoms with E-state index in [-0.39, 0.29) is 18.9 Å². The quantitative estimate of drug-likeness (QED) is 0.479. The predicted octanol–water partition coefficient (Wildman–Crippen LogP) is 2.73. The number of rotatable bonds is 12. The molecule has 0 aromatic heterocycles. The van der Waals surface area contributed by atoms with Crippen molar-refractivity contribution >= 4 is 5.91 Å². The molecule has 35 heavy (non-hydrogen) atoms. The first-order chi connectivity index (χ1) is 17.1. The molecule has 2 heterocycles. The highest BCUT2D eigenvalue weighted by Crippen LogP contribution is 2.33. The second-order valence-corrected chi connectivity index (χ2v) is 9.01. The molecule has 2 aliphatic heterocycles. The maximum atomic E-state index is 12.8. The Morgan fingerprint density at radius 1 is 1.06 bits per heavy atom. The van der Waals surface area contributed by atoms with Gasteiger partial charge in [0.15, 0.2) is 11.5 Å². The molecule has 0 aliphatic carbocycles. The number of carbonyl (C=O) groups excluding carboxylic acids is 1. The van der Waals surface area contributed by atoms with E-state index in [4.69, 9.17) is 18.9 Å². The summed E-state index contributed by atoms with van der Waals surface area (Å²) in [6, 6.07) is 12.8. The maximum absolute atomic E-state index is 12.8. The first-order valence-corrected chi connectivity index (χ1v) is 12.4. The fourth-order valence-corrected chi connectivity index (χ4v) is 4.46. The van der Waals surface area contributed by atoms with Crippen molar-refractivity contribution in [3.8, 4) is 17.2 Å². The third-order valence-corrected chi connectivity index (χ3v) is 6.40. The number of methoxy groups -OCH3 is 1. The van der Waals surface area contributed by atoms with Gasteiger partial charge in [0.2, 0.25) is 5.91 Å². The van der Waals surface area contributed by atoms with Crippen LogP contribution >= 0.6 is 0 Å². The summed E-state index contributed by atoms with van der Waals surface area (Å²) < 4.78 is 22.1. The van der Waals surface area contributed by atoms with Crippen molar-refractivity contribution in [2.75, 3.05) is 53.2 Å². The van der Waals surface area contributed by atoms with Gasteiger partial charge < -0.3 is 34.3 Å². The number of likely N-dealkylation sites (tertiary alicyclic amines) is 1. The van der Waals surface area contributed by atoms with Crippen molar-refractivity contribution in [1.29, 1.82) is 0 Å². The lowest BCUT2D eigenvalue weighted by Crippen LogP contribution is -2.47. The van der Waals surface area contributed by atoms with Crippen LogP contribution in [0.15, 0.2) is 42.5 Å². The SMILES string of the molecule is COCCc1ccc(OCCC(=O)N[C@H](CN2CCCC2)[C@H](O)c2ccc3c(c2)OCCO3)cc1. The number of fused-ring (bicyclic) bond motifs is 1. The second kappa shape index (κ2) is 12.8. The van der Waals surface area contributed by atoms with Gasteiger partial charge in [0.05, 0.1) is 25.7 Å². The van der Waals surface area contributed by atoms with Crippen molar-refractivity contribution in [1.82, 2.24) is 10.2 Å². The largest absolute Gasteiger partial charge is 0.493 e. The van der Waals surface area contributed by atoms with Gasteiger partial charge in [-0.25, -0.2) is 0 Å². The van der Waals surface area contributed by atoms with Crippen LogP contribution < -0.4 is 19.5 Å². The van der Waals surface area contributed by atoms with E-state index < -0.39 is 12.1 Å². The van der Waals surface area contributed by atoms with Crippen LogP contribution in [0.25, 0.3) is 0 Å². The molecule has 190 valence electrons. The molecule has 8 heteroatoms. The Balaban J connectivity index is 1.32. The average Bonchev–Trinajstić information content (AvgIpc) is 3.40. The fraction of sp³-hybridized carbons (Fsp3) is 0.519. The lowest BCUT2D eigenvalue weighted by molar-refractivity contribution is -0.123. The number of amides is 1. The average molecular weight is 485 g/mol. The molecule has 0 saturated carbocycles. The van der Waals surface area contributed by atoms with E-state index in [0.717, 1.165) is 38.1 Å². The molecule has 2 atom stereocenters. The number of carbonyl (C=O) groups is 1. The molecule has 4 rings (SSSR count). The Bertz CT molecular complexity index is 945. The summed E-state index contributed by atoms with van der Waals surface area (Å²) in [7, 11) is 1.69. The molecule has 1 fully saturated rings. The first-order valence-electron chi connectivity index (χ1n) is 12.4. The van der Waals surface area contributed by atoms with Crippen molar-refractivity contribution in [2.24, 2.45) is 0 Å². The van der Waals surface area contributed by atoms with E-state index in [1.54, 1.807) is 7.11 Å². The molecular weight excluding hydrogens is 448 g/mol. The Hall–Kier alpha value is -2.81. The zero-order valence-corrected chi connectivity index (χ0v) is 20.4. The van der Waals surface area contributed by atoms with Crippen LogP contribution in [0, 0.1) is 0 Å². The topological polar surface area (TPSA) is 89.5 Å². The van der Waals surface area contributed by atoms with Gasteiger partial charge >= 0.3 is 0 Å². The van der Waals surface area contributed by atoms with Crippen LogP contribution in [-0.2, 0) is 16.0 Å². The Labute approximate surface area is 207 Å². The highest BCUT2D eigenvalue weighted by atomic mass is 16.6. The number of aliphatic hydroxyl groups is 1. The van der Waals surface area contributed by atoms with E-state index in [1.807, 2.05) is 42.5 Å². The van der Waals surface area contributed by atoms with Gasteiger partial charge in [-0.2, -0.15) is 0 Å². The minimum absolute atomic E-state index is 0.150. The third-order valence-electron chi connectivity index (χ3n) is 6.40. The van der Waals surface area contributed by atoms with Crippen LogP contribution in [-0.4, -0.2) is 75.1 Å². The Morgan fingerprint density at radius 2 is 1.80 bits per heavy atom. The first kappa shape index (κ1) is 25.3. The van der Waals surface area contributed by atoms with Crippen LogP contribution in [0.3, 0.4) is 0 Å². The van der Waals surface area contributed by atoms with Gasteiger partial charge in [-0.15, -0.1) is 0 Å². The molecule has 8 nitrogen and oxygen atoms in total. The highest BCUT2D eigenvalue weighted by Gasteiger charge is 2.27. The van der Waals surface area contributed by atoms with Crippen molar-refractivity contribution < 1.29 is 28.8 Å². The monoisotopic (exact) mass is 484 g/mol. The summed E-state index contributed by atoms with van der Waals surface area (Å²) in [5.74, 6) is 1.88. The van der Waals surface area contributed by atoms with Crippen molar-refractivity contribution in [2.45, 2.75) is 37.8 Å².